The van der Waals surface area contributed by atoms with Crippen LogP contribution in [0.4, 0.5) is 0 Å². The fourth-order valence-electron chi connectivity index (χ4n) is 0.670. The van der Waals surface area contributed by atoms with Gasteiger partial charge in [0.2, 0.25) is 0 Å². The summed E-state index contributed by atoms with van der Waals surface area (Å²) in [7, 11) is 0. The molecule has 1 fully saturated rings. The zero-order chi connectivity index (χ0) is 5.11. The highest BCUT2D eigenvalue weighted by Gasteiger charge is 2.08. The zero-order valence-corrected chi connectivity index (χ0v) is 4.55. The lowest BCUT2D eigenvalue weighted by Crippen LogP contribution is -2.11. The third-order valence-electron chi connectivity index (χ3n) is 1.07. The topological polar surface area (TPSA) is 12.5 Å². The molecule has 1 radical (unpaired) electrons. The van der Waals surface area contributed by atoms with Crippen molar-refractivity contribution in [1.82, 2.24) is 5.06 Å². The summed E-state index contributed by atoms with van der Waals surface area (Å²) in [6.45, 7) is 5.89. The van der Waals surface area contributed by atoms with Crippen molar-refractivity contribution in [2.24, 2.45) is 0 Å². The number of nitrogens with zero attached hydrogens (tertiary/aromatic N) is 1. The lowest BCUT2D eigenvalue weighted by molar-refractivity contribution is -0.0826. The van der Waals surface area contributed by atoms with Crippen molar-refractivity contribution in [2.75, 3.05) is 13.2 Å². The second-order valence-electron chi connectivity index (χ2n) is 1.59. The van der Waals surface area contributed by atoms with Crippen LogP contribution in [0, 0.1) is 6.54 Å². The van der Waals surface area contributed by atoms with Gasteiger partial charge >= 0.3 is 0 Å². The van der Waals surface area contributed by atoms with E-state index >= 15 is 0 Å². The molecule has 0 aromatic carbocycles. The van der Waals surface area contributed by atoms with E-state index in [-0.39, 0.29) is 0 Å². The van der Waals surface area contributed by atoms with Crippen LogP contribution in [0.5, 0.6) is 0 Å². The molecule has 1 saturated heterocycles. The van der Waals surface area contributed by atoms with E-state index in [1.165, 1.54) is 6.42 Å². The first kappa shape index (κ1) is 5.06. The van der Waals surface area contributed by atoms with E-state index < -0.39 is 0 Å². The SMILES string of the molecule is C[CH]N1CCCO1. The predicted octanol–water partition coefficient (Wildman–Crippen LogP) is 0.805. The van der Waals surface area contributed by atoms with Crippen LogP contribution < -0.4 is 0 Å². The molecule has 0 unspecified atom stereocenters. The van der Waals surface area contributed by atoms with Crippen LogP contribution >= 0.6 is 0 Å². The minimum Gasteiger partial charge on any atom is -0.299 e. The van der Waals surface area contributed by atoms with Gasteiger partial charge in [0.15, 0.2) is 0 Å². The van der Waals surface area contributed by atoms with Gasteiger partial charge in [-0.2, -0.15) is 5.06 Å². The van der Waals surface area contributed by atoms with Crippen LogP contribution in [0.25, 0.3) is 0 Å². The second-order valence-corrected chi connectivity index (χ2v) is 1.59. The predicted molar refractivity (Wildman–Crippen MR) is 27.2 cm³/mol. The smallest absolute Gasteiger partial charge is 0.0698 e. The van der Waals surface area contributed by atoms with Crippen molar-refractivity contribution < 1.29 is 4.84 Å². The van der Waals surface area contributed by atoms with E-state index in [0.29, 0.717) is 0 Å². The van der Waals surface area contributed by atoms with Crippen molar-refractivity contribution in [3.63, 3.8) is 0 Å². The standard InChI is InChI=1S/C5H10NO/c1-2-6-4-3-5-7-6/h2H,3-5H2,1H3. The molecule has 0 amide bonds. The van der Waals surface area contributed by atoms with E-state index in [0.717, 1.165) is 13.2 Å². The molecule has 1 heterocycles. The Labute approximate surface area is 44.0 Å². The highest BCUT2D eigenvalue weighted by Crippen LogP contribution is 2.03. The number of rotatable bonds is 1. The fourth-order valence-corrected chi connectivity index (χ4v) is 0.670. The van der Waals surface area contributed by atoms with Gasteiger partial charge < -0.3 is 0 Å². The molecule has 0 N–H and O–H groups in total. The van der Waals surface area contributed by atoms with Crippen molar-refractivity contribution in [2.45, 2.75) is 13.3 Å². The monoisotopic (exact) mass is 100 g/mol. The molecule has 0 spiro atoms. The average Bonchev–Trinajstić information content (AvgIpc) is 2.14. The first-order chi connectivity index (χ1) is 3.43. The minimum absolute atomic E-state index is 0.893. The molecule has 0 aliphatic carbocycles. The third kappa shape index (κ3) is 1.14. The summed E-state index contributed by atoms with van der Waals surface area (Å²) in [5.74, 6) is 0. The molecule has 0 aromatic rings. The van der Waals surface area contributed by atoms with Gasteiger partial charge in [0.1, 0.15) is 0 Å². The van der Waals surface area contributed by atoms with Crippen LogP contribution in [0.1, 0.15) is 13.3 Å². The number of hydrogen-bond acceptors (Lipinski definition) is 2. The highest BCUT2D eigenvalue weighted by molar-refractivity contribution is 4.57. The van der Waals surface area contributed by atoms with Gasteiger partial charge in [-0.1, -0.05) is 0 Å². The molecule has 1 aliphatic rings. The quantitative estimate of drug-likeness (QED) is 0.483. The van der Waals surface area contributed by atoms with Gasteiger partial charge in [0, 0.05) is 6.54 Å². The fraction of sp³-hybridized carbons (Fsp3) is 0.800. The lowest BCUT2D eigenvalue weighted by atomic mass is 10.5. The Morgan fingerprint density at radius 2 is 2.57 bits per heavy atom. The Hall–Kier alpha value is -0.0800. The molecule has 41 valence electrons. The van der Waals surface area contributed by atoms with E-state index in [4.69, 9.17) is 4.84 Å². The highest BCUT2D eigenvalue weighted by atomic mass is 16.7. The summed E-state index contributed by atoms with van der Waals surface area (Å²) < 4.78 is 0. The first-order valence-corrected chi connectivity index (χ1v) is 2.62. The van der Waals surface area contributed by atoms with E-state index in [1.54, 1.807) is 0 Å². The Kier molecular flexibility index (Phi) is 1.65. The maximum Gasteiger partial charge on any atom is 0.0698 e. The van der Waals surface area contributed by atoms with Crippen molar-refractivity contribution in [3.8, 4) is 0 Å². The molecule has 1 rings (SSSR count). The summed E-state index contributed by atoms with van der Waals surface area (Å²) in [6.07, 6.45) is 1.17. The molecule has 2 heteroatoms. The van der Waals surface area contributed by atoms with E-state index in [2.05, 4.69) is 0 Å². The second kappa shape index (κ2) is 2.28. The summed E-state index contributed by atoms with van der Waals surface area (Å²) >= 11 is 0. The van der Waals surface area contributed by atoms with Crippen molar-refractivity contribution in [3.05, 3.63) is 6.54 Å². The zero-order valence-electron chi connectivity index (χ0n) is 4.55. The van der Waals surface area contributed by atoms with Crippen molar-refractivity contribution >= 4 is 0 Å². The maximum absolute atomic E-state index is 5.08. The summed E-state index contributed by atoms with van der Waals surface area (Å²) in [5, 5.41) is 1.86. The van der Waals surface area contributed by atoms with Crippen LogP contribution in [-0.4, -0.2) is 18.2 Å². The molecular formula is C5H10NO. The van der Waals surface area contributed by atoms with Gasteiger partial charge in [-0.25, -0.2) is 0 Å². The maximum atomic E-state index is 5.08. The Balaban J connectivity index is 2.14. The van der Waals surface area contributed by atoms with Gasteiger partial charge in [0.25, 0.3) is 0 Å². The van der Waals surface area contributed by atoms with Crippen LogP contribution in [0.2, 0.25) is 0 Å². The van der Waals surface area contributed by atoms with E-state index in [1.807, 2.05) is 18.5 Å². The van der Waals surface area contributed by atoms with Crippen LogP contribution in [-0.2, 0) is 4.84 Å². The molecular weight excluding hydrogens is 90.1 g/mol. The van der Waals surface area contributed by atoms with Crippen LogP contribution in [0.15, 0.2) is 0 Å². The normalized spacial score (nSPS) is 23.6. The summed E-state index contributed by atoms with van der Waals surface area (Å²) in [4.78, 5) is 5.08. The van der Waals surface area contributed by atoms with E-state index in [9.17, 15) is 0 Å². The number of hydroxylamine groups is 2. The summed E-state index contributed by atoms with van der Waals surface area (Å²) in [6, 6.07) is 0. The van der Waals surface area contributed by atoms with Gasteiger partial charge in [0.05, 0.1) is 13.2 Å². The van der Waals surface area contributed by atoms with Gasteiger partial charge in [-0.15, -0.1) is 0 Å². The molecule has 1 aliphatic heterocycles. The molecule has 0 saturated carbocycles. The molecule has 0 atom stereocenters. The molecule has 7 heavy (non-hydrogen) atoms. The molecule has 0 bridgehead atoms. The van der Waals surface area contributed by atoms with Crippen molar-refractivity contribution in [1.29, 1.82) is 0 Å². The third-order valence-corrected chi connectivity index (χ3v) is 1.07. The van der Waals surface area contributed by atoms with Gasteiger partial charge in [-0.3, -0.25) is 4.84 Å². The molecule has 2 nitrogen and oxygen atoms in total. The molecule has 0 aromatic heterocycles. The van der Waals surface area contributed by atoms with Crippen LogP contribution in [0.3, 0.4) is 0 Å². The summed E-state index contributed by atoms with van der Waals surface area (Å²) in [5.41, 5.74) is 0. The van der Waals surface area contributed by atoms with Gasteiger partial charge in [-0.05, 0) is 13.3 Å². The largest absolute Gasteiger partial charge is 0.299 e. The Bertz CT molecular complexity index is 50.0. The lowest BCUT2D eigenvalue weighted by Gasteiger charge is -2.06. The number of hydrogen-bond donors (Lipinski definition) is 0. The Morgan fingerprint density at radius 1 is 1.71 bits per heavy atom. The first-order valence-electron chi connectivity index (χ1n) is 2.62. The Morgan fingerprint density at radius 3 is 2.86 bits per heavy atom. The minimum atomic E-state index is 0.893. The average molecular weight is 100 g/mol.